The summed E-state index contributed by atoms with van der Waals surface area (Å²) in [5.41, 5.74) is 2.47. The molecular weight excluding hydrogens is 270 g/mol. The van der Waals surface area contributed by atoms with E-state index in [1.54, 1.807) is 6.07 Å². The maximum Gasteiger partial charge on any atom is 0.240 e. The first kappa shape index (κ1) is 13.8. The molecule has 1 aromatic rings. The van der Waals surface area contributed by atoms with E-state index in [-0.39, 0.29) is 0 Å². The number of hydrogen-bond donors (Lipinski definition) is 1. The minimum atomic E-state index is -3.37. The van der Waals surface area contributed by atoms with Crippen molar-refractivity contribution in [1.82, 2.24) is 4.72 Å². The first-order chi connectivity index (χ1) is 8.63. The van der Waals surface area contributed by atoms with Gasteiger partial charge in [0.1, 0.15) is 0 Å². The van der Waals surface area contributed by atoms with Crippen LogP contribution in [0.3, 0.4) is 0 Å². The number of nitrogens with one attached hydrogen (secondary N) is 1. The molecule has 3 nitrogen and oxygen atoms in total. The van der Waals surface area contributed by atoms with Gasteiger partial charge in [-0.3, -0.25) is 0 Å². The number of fused-ring (bicyclic) bond motifs is 1. The number of hydrogen-bond acceptors (Lipinski definition) is 2. The summed E-state index contributed by atoms with van der Waals surface area (Å²) in [6.07, 6.45) is 5.05. The third-order valence-electron chi connectivity index (χ3n) is 3.23. The van der Waals surface area contributed by atoms with Crippen LogP contribution in [0.4, 0.5) is 0 Å². The van der Waals surface area contributed by atoms with E-state index in [2.05, 4.69) is 4.72 Å². The normalized spacial score (nSPS) is 15.4. The Morgan fingerprint density at radius 3 is 2.61 bits per heavy atom. The van der Waals surface area contributed by atoms with Crippen LogP contribution in [-0.2, 0) is 22.9 Å². The van der Waals surface area contributed by atoms with Gasteiger partial charge in [0.15, 0.2) is 0 Å². The summed E-state index contributed by atoms with van der Waals surface area (Å²) in [5, 5.41) is 0. The van der Waals surface area contributed by atoms with E-state index in [1.165, 1.54) is 17.5 Å². The van der Waals surface area contributed by atoms with Crippen molar-refractivity contribution in [2.24, 2.45) is 0 Å². The lowest BCUT2D eigenvalue weighted by Crippen LogP contribution is -2.25. The molecule has 0 saturated heterocycles. The molecule has 0 heterocycles. The third kappa shape index (κ3) is 3.25. The van der Waals surface area contributed by atoms with Crippen molar-refractivity contribution in [3.8, 4) is 0 Å². The van der Waals surface area contributed by atoms with E-state index in [1.807, 2.05) is 12.1 Å². The van der Waals surface area contributed by atoms with Crippen LogP contribution in [0.5, 0.6) is 0 Å². The van der Waals surface area contributed by atoms with Gasteiger partial charge in [-0.15, -0.1) is 11.6 Å². The quantitative estimate of drug-likeness (QED) is 0.668. The van der Waals surface area contributed by atoms with Crippen molar-refractivity contribution in [3.63, 3.8) is 0 Å². The van der Waals surface area contributed by atoms with Crippen LogP contribution in [-0.4, -0.2) is 20.8 Å². The number of aryl methyl sites for hydroxylation is 2. The van der Waals surface area contributed by atoms with Crippen molar-refractivity contribution in [2.45, 2.75) is 37.0 Å². The van der Waals surface area contributed by atoms with Crippen LogP contribution in [0, 0.1) is 0 Å². The van der Waals surface area contributed by atoms with Crippen molar-refractivity contribution in [2.75, 3.05) is 12.4 Å². The molecule has 0 bridgehead atoms. The Morgan fingerprint density at radius 1 is 1.17 bits per heavy atom. The zero-order valence-electron chi connectivity index (χ0n) is 10.3. The molecule has 0 spiro atoms. The monoisotopic (exact) mass is 287 g/mol. The second-order valence-corrected chi connectivity index (χ2v) is 6.72. The smallest absolute Gasteiger partial charge is 0.211 e. The molecule has 0 unspecified atom stereocenters. The largest absolute Gasteiger partial charge is 0.240 e. The van der Waals surface area contributed by atoms with E-state index in [0.717, 1.165) is 19.3 Å². The van der Waals surface area contributed by atoms with E-state index < -0.39 is 10.0 Å². The summed E-state index contributed by atoms with van der Waals surface area (Å²) in [7, 11) is -3.37. The molecule has 0 amide bonds. The topological polar surface area (TPSA) is 46.2 Å². The summed E-state index contributed by atoms with van der Waals surface area (Å²) >= 11 is 5.54. The van der Waals surface area contributed by atoms with Gasteiger partial charge >= 0.3 is 0 Å². The molecule has 1 N–H and O–H groups in total. The molecule has 0 radical (unpaired) electrons. The highest BCUT2D eigenvalue weighted by atomic mass is 35.5. The van der Waals surface area contributed by atoms with E-state index >= 15 is 0 Å². The summed E-state index contributed by atoms with van der Waals surface area (Å²) in [5.74, 6) is 0.465. The summed E-state index contributed by atoms with van der Waals surface area (Å²) in [4.78, 5) is 0.373. The fourth-order valence-electron chi connectivity index (χ4n) is 2.23. The van der Waals surface area contributed by atoms with Gasteiger partial charge in [-0.2, -0.15) is 0 Å². The molecule has 0 saturated carbocycles. The Balaban J connectivity index is 2.17. The molecule has 100 valence electrons. The Kier molecular flexibility index (Phi) is 4.65. The predicted molar refractivity (Wildman–Crippen MR) is 73.6 cm³/mol. The van der Waals surface area contributed by atoms with Gasteiger partial charge in [0.05, 0.1) is 4.90 Å². The SMILES string of the molecule is O=S(=O)(NCCCCl)c1ccc2c(c1)CCCC2. The second kappa shape index (κ2) is 6.04. The zero-order chi connectivity index (χ0) is 13.0. The Morgan fingerprint density at radius 2 is 1.89 bits per heavy atom. The standard InChI is InChI=1S/C13H18ClNO2S/c14-8-3-9-15-18(16,17)13-7-6-11-4-1-2-5-12(11)10-13/h6-7,10,15H,1-5,8-9H2. The number of halogens is 1. The van der Waals surface area contributed by atoms with Crippen LogP contribution in [0.1, 0.15) is 30.4 Å². The van der Waals surface area contributed by atoms with Crippen molar-refractivity contribution in [1.29, 1.82) is 0 Å². The van der Waals surface area contributed by atoms with Crippen LogP contribution in [0.2, 0.25) is 0 Å². The summed E-state index contributed by atoms with van der Waals surface area (Å²) < 4.78 is 26.6. The molecule has 0 aromatic heterocycles. The lowest BCUT2D eigenvalue weighted by molar-refractivity contribution is 0.580. The van der Waals surface area contributed by atoms with E-state index in [0.29, 0.717) is 23.7 Å². The molecule has 0 aliphatic heterocycles. The van der Waals surface area contributed by atoms with Gasteiger partial charge in [0.2, 0.25) is 10.0 Å². The van der Waals surface area contributed by atoms with Crippen molar-refractivity contribution < 1.29 is 8.42 Å². The zero-order valence-corrected chi connectivity index (χ0v) is 11.9. The molecule has 1 aliphatic rings. The maximum atomic E-state index is 12.0. The fourth-order valence-corrected chi connectivity index (χ4v) is 3.49. The highest BCUT2D eigenvalue weighted by Crippen LogP contribution is 2.23. The van der Waals surface area contributed by atoms with E-state index in [4.69, 9.17) is 11.6 Å². The first-order valence-electron chi connectivity index (χ1n) is 6.31. The van der Waals surface area contributed by atoms with Crippen LogP contribution >= 0.6 is 11.6 Å². The molecule has 0 atom stereocenters. The summed E-state index contributed by atoms with van der Waals surface area (Å²) in [6.45, 7) is 0.392. The second-order valence-electron chi connectivity index (χ2n) is 4.58. The molecule has 1 aromatic carbocycles. The molecule has 18 heavy (non-hydrogen) atoms. The Bertz CT molecular complexity index is 514. The number of benzene rings is 1. The number of rotatable bonds is 5. The lowest BCUT2D eigenvalue weighted by atomic mass is 9.92. The van der Waals surface area contributed by atoms with E-state index in [9.17, 15) is 8.42 Å². The fraction of sp³-hybridized carbons (Fsp3) is 0.538. The maximum absolute atomic E-state index is 12.0. The van der Waals surface area contributed by atoms with Gasteiger partial charge in [0, 0.05) is 12.4 Å². The molecule has 1 aliphatic carbocycles. The minimum Gasteiger partial charge on any atom is -0.211 e. The lowest BCUT2D eigenvalue weighted by Gasteiger charge is -2.16. The van der Waals surface area contributed by atoms with Gasteiger partial charge < -0.3 is 0 Å². The highest BCUT2D eigenvalue weighted by molar-refractivity contribution is 7.89. The van der Waals surface area contributed by atoms with Gasteiger partial charge in [-0.25, -0.2) is 13.1 Å². The van der Waals surface area contributed by atoms with Crippen LogP contribution < -0.4 is 4.72 Å². The Labute approximate surface area is 114 Å². The average Bonchev–Trinajstić information content (AvgIpc) is 2.38. The molecule has 2 rings (SSSR count). The van der Waals surface area contributed by atoms with Gasteiger partial charge in [-0.1, -0.05) is 6.07 Å². The molecular formula is C13H18ClNO2S. The average molecular weight is 288 g/mol. The van der Waals surface area contributed by atoms with Crippen LogP contribution in [0.25, 0.3) is 0 Å². The number of sulfonamides is 1. The highest BCUT2D eigenvalue weighted by Gasteiger charge is 2.16. The third-order valence-corrected chi connectivity index (χ3v) is 4.96. The Hall–Kier alpha value is -0.580. The predicted octanol–water partition coefficient (Wildman–Crippen LogP) is 2.47. The van der Waals surface area contributed by atoms with Gasteiger partial charge in [0.25, 0.3) is 0 Å². The molecule has 5 heteroatoms. The first-order valence-corrected chi connectivity index (χ1v) is 8.33. The number of alkyl halides is 1. The van der Waals surface area contributed by atoms with Gasteiger partial charge in [-0.05, 0) is 55.4 Å². The van der Waals surface area contributed by atoms with Crippen LogP contribution in [0.15, 0.2) is 23.1 Å². The van der Waals surface area contributed by atoms with Crippen molar-refractivity contribution >= 4 is 21.6 Å². The molecule has 0 fully saturated rings. The van der Waals surface area contributed by atoms with Crippen molar-refractivity contribution in [3.05, 3.63) is 29.3 Å². The summed E-state index contributed by atoms with van der Waals surface area (Å²) in [6, 6.07) is 5.47. The minimum absolute atomic E-state index is 0.373.